The van der Waals surface area contributed by atoms with Gasteiger partial charge in [-0.2, -0.15) is 5.26 Å². The molecule has 1 saturated carbocycles. The molecule has 4 amide bonds. The molecule has 0 spiro atoms. The quantitative estimate of drug-likeness (QED) is 0.431. The van der Waals surface area contributed by atoms with E-state index in [1.54, 1.807) is 20.8 Å². The highest BCUT2D eigenvalue weighted by Gasteiger charge is 2.38. The Labute approximate surface area is 218 Å². The SMILES string of the molecule is Cc1cccc(C)c1C(C(=O)NC1CCCCC1)N(CC#N)C(=O)C(CC(N)=O)NC(=O)OC(C)(C)C. The number of ether oxygens (including phenoxy) is 1. The van der Waals surface area contributed by atoms with Crippen LogP contribution in [0.4, 0.5) is 4.79 Å². The Balaban J connectivity index is 2.51. The van der Waals surface area contributed by atoms with Crippen molar-refractivity contribution in [3.05, 3.63) is 34.9 Å². The summed E-state index contributed by atoms with van der Waals surface area (Å²) in [4.78, 5) is 53.0. The largest absolute Gasteiger partial charge is 0.444 e. The lowest BCUT2D eigenvalue weighted by atomic mass is 9.91. The van der Waals surface area contributed by atoms with Crippen LogP contribution >= 0.6 is 0 Å². The second kappa shape index (κ2) is 13.1. The fourth-order valence-corrected chi connectivity index (χ4v) is 4.64. The van der Waals surface area contributed by atoms with Crippen LogP contribution in [-0.2, 0) is 19.1 Å². The lowest BCUT2D eigenvalue weighted by Crippen LogP contribution is -2.55. The molecular formula is C27H39N5O5. The first kappa shape index (κ1) is 29.6. The fraction of sp³-hybridized carbons (Fsp3) is 0.593. The maximum atomic E-state index is 13.8. The molecule has 0 aromatic heterocycles. The molecule has 0 heterocycles. The normalized spacial score (nSPS) is 15.6. The van der Waals surface area contributed by atoms with Crippen LogP contribution < -0.4 is 16.4 Å². The van der Waals surface area contributed by atoms with Gasteiger partial charge < -0.3 is 26.0 Å². The number of rotatable bonds is 9. The molecule has 1 aromatic carbocycles. The lowest BCUT2D eigenvalue weighted by molar-refractivity contribution is -0.143. The fourth-order valence-electron chi connectivity index (χ4n) is 4.64. The van der Waals surface area contributed by atoms with Crippen LogP contribution in [-0.4, -0.2) is 52.9 Å². The van der Waals surface area contributed by atoms with Crippen LogP contribution in [0.1, 0.15) is 82.0 Å². The number of hydrogen-bond donors (Lipinski definition) is 3. The van der Waals surface area contributed by atoms with Crippen LogP contribution in [0, 0.1) is 25.2 Å². The molecule has 2 atom stereocenters. The molecular weight excluding hydrogens is 474 g/mol. The van der Waals surface area contributed by atoms with Crippen molar-refractivity contribution in [3.63, 3.8) is 0 Å². The zero-order chi connectivity index (χ0) is 27.8. The first-order chi connectivity index (χ1) is 17.3. The van der Waals surface area contributed by atoms with Crippen LogP contribution in [0.15, 0.2) is 18.2 Å². The van der Waals surface area contributed by atoms with Gasteiger partial charge in [-0.25, -0.2) is 4.79 Å². The highest BCUT2D eigenvalue weighted by molar-refractivity contribution is 5.95. The predicted octanol–water partition coefficient (Wildman–Crippen LogP) is 2.91. The van der Waals surface area contributed by atoms with Crippen molar-refractivity contribution in [1.29, 1.82) is 5.26 Å². The van der Waals surface area contributed by atoms with Crippen molar-refractivity contribution in [3.8, 4) is 6.07 Å². The van der Waals surface area contributed by atoms with Gasteiger partial charge in [0.2, 0.25) is 17.7 Å². The van der Waals surface area contributed by atoms with Gasteiger partial charge in [0.25, 0.3) is 0 Å². The summed E-state index contributed by atoms with van der Waals surface area (Å²) in [5, 5.41) is 15.1. The Morgan fingerprint density at radius 1 is 1.14 bits per heavy atom. The van der Waals surface area contributed by atoms with E-state index in [1.807, 2.05) is 38.1 Å². The Hall–Kier alpha value is -3.61. The summed E-state index contributed by atoms with van der Waals surface area (Å²) in [5.74, 6) is -2.03. The molecule has 2 rings (SSSR count). The van der Waals surface area contributed by atoms with Crippen LogP contribution in [0.5, 0.6) is 0 Å². The van der Waals surface area contributed by atoms with Crippen molar-refractivity contribution in [2.75, 3.05) is 6.54 Å². The van der Waals surface area contributed by atoms with Gasteiger partial charge in [0.1, 0.15) is 24.2 Å². The number of carbonyl (C=O) groups excluding carboxylic acids is 4. The summed E-state index contributed by atoms with van der Waals surface area (Å²) < 4.78 is 5.25. The zero-order valence-electron chi connectivity index (χ0n) is 22.4. The van der Waals surface area contributed by atoms with Crippen molar-refractivity contribution < 1.29 is 23.9 Å². The third-order valence-electron chi connectivity index (χ3n) is 6.25. The van der Waals surface area contributed by atoms with Gasteiger partial charge in [0, 0.05) is 6.04 Å². The molecule has 4 N–H and O–H groups in total. The van der Waals surface area contributed by atoms with E-state index >= 15 is 0 Å². The second-order valence-corrected chi connectivity index (χ2v) is 10.5. The molecule has 10 heteroatoms. The zero-order valence-corrected chi connectivity index (χ0v) is 22.4. The van der Waals surface area contributed by atoms with Gasteiger partial charge in [-0.15, -0.1) is 0 Å². The summed E-state index contributed by atoms with van der Waals surface area (Å²) >= 11 is 0. The Bertz CT molecular complexity index is 1020. The van der Waals surface area contributed by atoms with E-state index in [9.17, 15) is 24.4 Å². The van der Waals surface area contributed by atoms with Crippen LogP contribution in [0.2, 0.25) is 0 Å². The molecule has 1 fully saturated rings. The van der Waals surface area contributed by atoms with E-state index < -0.39 is 54.5 Å². The number of alkyl carbamates (subject to hydrolysis) is 1. The Morgan fingerprint density at radius 3 is 2.24 bits per heavy atom. The average molecular weight is 514 g/mol. The molecule has 1 aromatic rings. The van der Waals surface area contributed by atoms with Gasteiger partial charge >= 0.3 is 6.09 Å². The topological polar surface area (TPSA) is 155 Å². The average Bonchev–Trinajstić information content (AvgIpc) is 2.78. The maximum Gasteiger partial charge on any atom is 0.408 e. The van der Waals surface area contributed by atoms with Gasteiger partial charge in [0.15, 0.2) is 0 Å². The van der Waals surface area contributed by atoms with E-state index in [1.165, 1.54) is 0 Å². The highest BCUT2D eigenvalue weighted by Crippen LogP contribution is 2.29. The van der Waals surface area contributed by atoms with Crippen molar-refractivity contribution in [1.82, 2.24) is 15.5 Å². The molecule has 0 saturated heterocycles. The van der Waals surface area contributed by atoms with Gasteiger partial charge in [-0.1, -0.05) is 37.5 Å². The molecule has 0 bridgehead atoms. The van der Waals surface area contributed by atoms with Crippen molar-refractivity contribution >= 4 is 23.8 Å². The summed E-state index contributed by atoms with van der Waals surface area (Å²) in [6, 6.07) is 4.87. The number of nitrogens with two attached hydrogens (primary N) is 1. The number of hydrogen-bond acceptors (Lipinski definition) is 6. The first-order valence-corrected chi connectivity index (χ1v) is 12.7. The number of primary amides is 1. The third-order valence-corrected chi connectivity index (χ3v) is 6.25. The van der Waals surface area contributed by atoms with E-state index in [0.29, 0.717) is 5.56 Å². The Morgan fingerprint density at radius 2 is 1.73 bits per heavy atom. The third kappa shape index (κ3) is 8.77. The van der Waals surface area contributed by atoms with Gasteiger partial charge in [-0.3, -0.25) is 14.4 Å². The van der Waals surface area contributed by atoms with Crippen molar-refractivity contribution in [2.45, 2.75) is 96.9 Å². The highest BCUT2D eigenvalue weighted by atomic mass is 16.6. The number of nitrogens with zero attached hydrogens (tertiary/aromatic N) is 2. The smallest absolute Gasteiger partial charge is 0.408 e. The molecule has 10 nitrogen and oxygen atoms in total. The van der Waals surface area contributed by atoms with Crippen LogP contribution in [0.3, 0.4) is 0 Å². The molecule has 2 unspecified atom stereocenters. The number of benzene rings is 1. The minimum atomic E-state index is -1.42. The number of carbonyl (C=O) groups is 4. The number of nitrogens with one attached hydrogen (secondary N) is 2. The van der Waals surface area contributed by atoms with Crippen LogP contribution in [0.25, 0.3) is 0 Å². The van der Waals surface area contributed by atoms with E-state index in [0.717, 1.165) is 48.1 Å². The minimum Gasteiger partial charge on any atom is -0.444 e. The molecule has 1 aliphatic rings. The van der Waals surface area contributed by atoms with E-state index in [2.05, 4.69) is 10.6 Å². The number of amides is 4. The summed E-state index contributed by atoms with van der Waals surface area (Å²) in [5.41, 5.74) is 6.66. The molecule has 0 aliphatic heterocycles. The predicted molar refractivity (Wildman–Crippen MR) is 138 cm³/mol. The molecule has 1 aliphatic carbocycles. The maximum absolute atomic E-state index is 13.8. The van der Waals surface area contributed by atoms with Gasteiger partial charge in [-0.05, 0) is 64.2 Å². The van der Waals surface area contributed by atoms with Crippen molar-refractivity contribution in [2.24, 2.45) is 5.73 Å². The molecule has 0 radical (unpaired) electrons. The minimum absolute atomic E-state index is 0.0339. The second-order valence-electron chi connectivity index (χ2n) is 10.5. The van der Waals surface area contributed by atoms with E-state index in [4.69, 9.17) is 10.5 Å². The summed E-state index contributed by atoms with van der Waals surface area (Å²) in [6.07, 6.45) is 3.34. The number of nitriles is 1. The molecule has 37 heavy (non-hydrogen) atoms. The summed E-state index contributed by atoms with van der Waals surface area (Å²) in [7, 11) is 0. The summed E-state index contributed by atoms with van der Waals surface area (Å²) in [6.45, 7) is 8.20. The van der Waals surface area contributed by atoms with E-state index in [-0.39, 0.29) is 6.04 Å². The molecule has 202 valence electrons. The Kier molecular flexibility index (Phi) is 10.5. The monoisotopic (exact) mass is 513 g/mol. The standard InChI is InChI=1S/C27H39N5O5/c1-17-10-9-11-18(2)22(17)23(24(34)30-19-12-7-6-8-13-19)32(15-14-28)25(35)20(16-21(29)33)31-26(36)37-27(3,4)5/h9-11,19-20,23H,6-8,12-13,15-16H2,1-5H3,(H2,29,33)(H,30,34)(H,31,36). The number of aryl methyl sites for hydroxylation is 2. The van der Waals surface area contributed by atoms with Gasteiger partial charge in [0.05, 0.1) is 12.5 Å². The lowest BCUT2D eigenvalue weighted by Gasteiger charge is -2.35. The first-order valence-electron chi connectivity index (χ1n) is 12.7.